The maximum atomic E-state index is 12.3. The summed E-state index contributed by atoms with van der Waals surface area (Å²) in [6.07, 6.45) is 0. The molecule has 0 aromatic heterocycles. The molecule has 0 aromatic carbocycles. The van der Waals surface area contributed by atoms with Crippen molar-refractivity contribution >= 4 is 0 Å². The van der Waals surface area contributed by atoms with Gasteiger partial charge < -0.3 is 5.32 Å². The first kappa shape index (κ1) is 9.82. The van der Waals surface area contributed by atoms with Crippen LogP contribution >= 0.6 is 0 Å². The Labute approximate surface area is 60.8 Å². The Morgan fingerprint density at radius 2 is 1.50 bits per heavy atom. The van der Waals surface area contributed by atoms with Crippen LogP contribution in [0.1, 0.15) is 27.7 Å². The third kappa shape index (κ3) is 1.45. The normalized spacial score (nSPS) is 25.8. The number of nitrogens with one attached hydrogen (secondary N) is 1. The topological polar surface area (TPSA) is 12.0 Å². The van der Waals surface area contributed by atoms with Gasteiger partial charge in [0.15, 0.2) is 0 Å². The largest absolute Gasteiger partial charge is 0.301 e. The fourth-order valence-electron chi connectivity index (χ4n) is 0.576. The third-order valence-corrected chi connectivity index (χ3v) is 1.67. The van der Waals surface area contributed by atoms with Gasteiger partial charge in [-0.25, -0.2) is 8.78 Å². The lowest BCUT2D eigenvalue weighted by Crippen LogP contribution is -2.70. The number of halogens is 2. The van der Waals surface area contributed by atoms with Crippen molar-refractivity contribution in [2.24, 2.45) is 0 Å². The van der Waals surface area contributed by atoms with Gasteiger partial charge in [-0.3, -0.25) is 0 Å². The predicted molar refractivity (Wildman–Crippen MR) is 38.4 cm³/mol. The Balaban J connectivity index is 0.000000371. The maximum absolute atomic E-state index is 12.3. The van der Waals surface area contributed by atoms with Gasteiger partial charge in [0.1, 0.15) is 0 Å². The highest BCUT2D eigenvalue weighted by molar-refractivity contribution is 5.03. The van der Waals surface area contributed by atoms with Crippen molar-refractivity contribution in [3.63, 3.8) is 0 Å². The van der Waals surface area contributed by atoms with Gasteiger partial charge in [0.2, 0.25) is 0 Å². The fraction of sp³-hybridized carbons (Fsp3) is 1.00. The SMILES string of the molecule is CC.CC1(C)NCC1(F)F. The highest BCUT2D eigenvalue weighted by Gasteiger charge is 2.54. The minimum atomic E-state index is -2.49. The van der Waals surface area contributed by atoms with Crippen LogP contribution in [-0.2, 0) is 0 Å². The minimum absolute atomic E-state index is 0.167. The number of hydrogen-bond acceptors (Lipinski definition) is 1. The summed E-state index contributed by atoms with van der Waals surface area (Å²) < 4.78 is 24.5. The van der Waals surface area contributed by atoms with Crippen molar-refractivity contribution < 1.29 is 8.78 Å². The lowest BCUT2D eigenvalue weighted by atomic mass is 9.88. The van der Waals surface area contributed by atoms with E-state index in [0.29, 0.717) is 0 Å². The third-order valence-electron chi connectivity index (χ3n) is 1.67. The molecular weight excluding hydrogens is 136 g/mol. The second-order valence-electron chi connectivity index (χ2n) is 2.68. The first-order valence-corrected chi connectivity index (χ1v) is 3.59. The molecule has 0 spiro atoms. The smallest absolute Gasteiger partial charge is 0.277 e. The lowest BCUT2D eigenvalue weighted by molar-refractivity contribution is -0.138. The molecule has 0 atom stereocenters. The number of hydrogen-bond donors (Lipinski definition) is 1. The van der Waals surface area contributed by atoms with Crippen LogP contribution < -0.4 is 5.32 Å². The zero-order valence-electron chi connectivity index (χ0n) is 6.96. The molecule has 1 aliphatic rings. The van der Waals surface area contributed by atoms with Gasteiger partial charge in [-0.15, -0.1) is 0 Å². The van der Waals surface area contributed by atoms with Crippen molar-refractivity contribution in [3.05, 3.63) is 0 Å². The molecule has 1 fully saturated rings. The molecule has 3 heteroatoms. The second-order valence-corrected chi connectivity index (χ2v) is 2.68. The van der Waals surface area contributed by atoms with Gasteiger partial charge in [-0.05, 0) is 13.8 Å². The van der Waals surface area contributed by atoms with Crippen molar-refractivity contribution in [1.29, 1.82) is 0 Å². The van der Waals surface area contributed by atoms with E-state index in [0.717, 1.165) is 0 Å². The standard InChI is InChI=1S/C5H9F2N.C2H6/c1-4(2)5(6,7)3-8-4;1-2/h8H,3H2,1-2H3;1-2H3. The number of rotatable bonds is 0. The molecule has 1 heterocycles. The molecule has 1 saturated heterocycles. The molecular formula is C7H15F2N. The summed E-state index contributed by atoms with van der Waals surface area (Å²) in [5, 5.41) is 2.62. The van der Waals surface area contributed by atoms with E-state index in [9.17, 15) is 8.78 Å². The summed E-state index contributed by atoms with van der Waals surface area (Å²) in [6, 6.07) is 0. The summed E-state index contributed by atoms with van der Waals surface area (Å²) in [4.78, 5) is 0. The van der Waals surface area contributed by atoms with Crippen LogP contribution in [0.2, 0.25) is 0 Å². The predicted octanol–water partition coefficient (Wildman–Crippen LogP) is 2.03. The zero-order chi connectivity index (χ0) is 8.41. The fourth-order valence-corrected chi connectivity index (χ4v) is 0.576. The molecule has 0 aromatic rings. The Morgan fingerprint density at radius 3 is 1.50 bits per heavy atom. The Hall–Kier alpha value is -0.180. The van der Waals surface area contributed by atoms with Crippen molar-refractivity contribution in [2.45, 2.75) is 39.2 Å². The Morgan fingerprint density at radius 1 is 1.20 bits per heavy atom. The molecule has 0 bridgehead atoms. The van der Waals surface area contributed by atoms with E-state index in [4.69, 9.17) is 0 Å². The molecule has 1 aliphatic heterocycles. The molecule has 1 rings (SSSR count). The monoisotopic (exact) mass is 151 g/mol. The zero-order valence-corrected chi connectivity index (χ0v) is 6.96. The summed E-state index contributed by atoms with van der Waals surface area (Å²) in [7, 11) is 0. The summed E-state index contributed by atoms with van der Waals surface area (Å²) in [5.74, 6) is -2.49. The minimum Gasteiger partial charge on any atom is -0.301 e. The number of alkyl halides is 2. The van der Waals surface area contributed by atoms with Crippen molar-refractivity contribution in [2.75, 3.05) is 6.54 Å². The molecule has 62 valence electrons. The lowest BCUT2D eigenvalue weighted by Gasteiger charge is -2.45. The van der Waals surface area contributed by atoms with E-state index < -0.39 is 11.5 Å². The molecule has 0 radical (unpaired) electrons. The van der Waals surface area contributed by atoms with Gasteiger partial charge in [-0.1, -0.05) is 13.8 Å². The Bertz CT molecular complexity index is 96.2. The van der Waals surface area contributed by atoms with E-state index in [2.05, 4.69) is 5.32 Å². The van der Waals surface area contributed by atoms with Crippen LogP contribution in [-0.4, -0.2) is 18.0 Å². The molecule has 1 nitrogen and oxygen atoms in total. The van der Waals surface area contributed by atoms with Gasteiger partial charge in [0.05, 0.1) is 12.1 Å². The van der Waals surface area contributed by atoms with Gasteiger partial charge in [-0.2, -0.15) is 0 Å². The summed E-state index contributed by atoms with van der Waals surface area (Å²) in [6.45, 7) is 6.83. The molecule has 0 amide bonds. The van der Waals surface area contributed by atoms with Crippen LogP contribution in [0.5, 0.6) is 0 Å². The van der Waals surface area contributed by atoms with Gasteiger partial charge in [0, 0.05) is 0 Å². The van der Waals surface area contributed by atoms with E-state index in [1.807, 2.05) is 13.8 Å². The first-order chi connectivity index (χ1) is 4.46. The van der Waals surface area contributed by atoms with E-state index in [-0.39, 0.29) is 6.54 Å². The van der Waals surface area contributed by atoms with Gasteiger partial charge in [0.25, 0.3) is 5.92 Å². The molecule has 1 N–H and O–H groups in total. The van der Waals surface area contributed by atoms with Crippen molar-refractivity contribution in [1.82, 2.24) is 5.32 Å². The molecule has 0 aliphatic carbocycles. The van der Waals surface area contributed by atoms with Gasteiger partial charge >= 0.3 is 0 Å². The molecule has 0 saturated carbocycles. The average molecular weight is 151 g/mol. The van der Waals surface area contributed by atoms with Crippen LogP contribution in [0.15, 0.2) is 0 Å². The maximum Gasteiger partial charge on any atom is 0.277 e. The second kappa shape index (κ2) is 2.82. The highest BCUT2D eigenvalue weighted by atomic mass is 19.3. The van der Waals surface area contributed by atoms with Crippen LogP contribution in [0.4, 0.5) is 8.78 Å². The van der Waals surface area contributed by atoms with Crippen molar-refractivity contribution in [3.8, 4) is 0 Å². The Kier molecular flexibility index (Phi) is 2.77. The molecule has 0 unspecified atom stereocenters. The van der Waals surface area contributed by atoms with E-state index >= 15 is 0 Å². The average Bonchev–Trinajstić information content (AvgIpc) is 1.90. The van der Waals surface area contributed by atoms with E-state index in [1.165, 1.54) is 13.8 Å². The molecule has 10 heavy (non-hydrogen) atoms. The van der Waals surface area contributed by atoms with Crippen LogP contribution in [0.3, 0.4) is 0 Å². The van der Waals surface area contributed by atoms with Crippen LogP contribution in [0.25, 0.3) is 0 Å². The summed E-state index contributed by atoms with van der Waals surface area (Å²) >= 11 is 0. The first-order valence-electron chi connectivity index (χ1n) is 3.59. The van der Waals surface area contributed by atoms with Crippen LogP contribution in [0, 0.1) is 0 Å². The highest BCUT2D eigenvalue weighted by Crippen LogP contribution is 2.34. The van der Waals surface area contributed by atoms with E-state index in [1.54, 1.807) is 0 Å². The summed E-state index contributed by atoms with van der Waals surface area (Å²) in [5.41, 5.74) is -0.965. The quantitative estimate of drug-likeness (QED) is 0.558.